The van der Waals surface area contributed by atoms with Crippen molar-refractivity contribution < 1.29 is 24.3 Å². The van der Waals surface area contributed by atoms with Crippen LogP contribution in [0.1, 0.15) is 16.9 Å². The van der Waals surface area contributed by atoms with Crippen LogP contribution in [-0.4, -0.2) is 54.5 Å². The first-order valence-corrected chi connectivity index (χ1v) is 6.13. The Morgan fingerprint density at radius 1 is 1.52 bits per heavy atom. The van der Waals surface area contributed by atoms with Crippen LogP contribution in [0.15, 0.2) is 12.1 Å². The van der Waals surface area contributed by atoms with E-state index >= 15 is 0 Å². The largest absolute Gasteiger partial charge is 0.464 e. The standard InChI is InChI=1S/C12H17N3O6/c1-20-7-8(5-6-16)13-11-10(15(18)19)4-3-9(14-11)12(17)21-2/h3-4,8,16H,5-7H2,1-2H3,(H,13,14). The molecule has 0 fully saturated rings. The molecule has 0 spiro atoms. The van der Waals surface area contributed by atoms with Gasteiger partial charge >= 0.3 is 11.7 Å². The molecular formula is C12H17N3O6. The van der Waals surface area contributed by atoms with E-state index in [1.807, 2.05) is 0 Å². The summed E-state index contributed by atoms with van der Waals surface area (Å²) >= 11 is 0. The molecule has 0 aliphatic carbocycles. The van der Waals surface area contributed by atoms with Gasteiger partial charge in [0.05, 0.1) is 24.7 Å². The van der Waals surface area contributed by atoms with Crippen LogP contribution >= 0.6 is 0 Å². The number of pyridine rings is 1. The molecule has 1 rings (SSSR count). The van der Waals surface area contributed by atoms with Gasteiger partial charge in [0, 0.05) is 19.8 Å². The number of rotatable bonds is 8. The lowest BCUT2D eigenvalue weighted by Crippen LogP contribution is -2.27. The van der Waals surface area contributed by atoms with Crippen molar-refractivity contribution in [1.29, 1.82) is 0 Å². The van der Waals surface area contributed by atoms with Crippen molar-refractivity contribution in [2.24, 2.45) is 0 Å². The third kappa shape index (κ3) is 4.65. The highest BCUT2D eigenvalue weighted by molar-refractivity contribution is 5.88. The molecule has 9 nitrogen and oxygen atoms in total. The Bertz CT molecular complexity index is 502. The molecule has 0 aromatic carbocycles. The first-order valence-electron chi connectivity index (χ1n) is 6.13. The predicted octanol–water partition coefficient (Wildman–Crippen LogP) is 0.586. The Balaban J connectivity index is 3.10. The fourth-order valence-corrected chi connectivity index (χ4v) is 1.67. The van der Waals surface area contributed by atoms with Crippen molar-refractivity contribution in [1.82, 2.24) is 4.98 Å². The molecule has 0 aliphatic rings. The Morgan fingerprint density at radius 2 is 2.24 bits per heavy atom. The number of aliphatic hydroxyl groups excluding tert-OH is 1. The smallest absolute Gasteiger partial charge is 0.356 e. The highest BCUT2D eigenvalue weighted by Gasteiger charge is 2.21. The van der Waals surface area contributed by atoms with Gasteiger partial charge < -0.3 is 19.9 Å². The number of ether oxygens (including phenoxy) is 2. The van der Waals surface area contributed by atoms with Crippen molar-refractivity contribution >= 4 is 17.5 Å². The SMILES string of the molecule is COCC(CCO)Nc1nc(C(=O)OC)ccc1[N+](=O)[O-]. The van der Waals surface area contributed by atoms with Crippen LogP contribution in [0, 0.1) is 10.1 Å². The second kappa shape index (κ2) is 8.12. The zero-order valence-corrected chi connectivity index (χ0v) is 11.7. The summed E-state index contributed by atoms with van der Waals surface area (Å²) < 4.78 is 9.49. The molecule has 0 radical (unpaired) electrons. The van der Waals surface area contributed by atoms with Gasteiger partial charge in [-0.2, -0.15) is 0 Å². The second-order valence-corrected chi connectivity index (χ2v) is 4.12. The summed E-state index contributed by atoms with van der Waals surface area (Å²) in [5.74, 6) is -0.767. The summed E-state index contributed by atoms with van der Waals surface area (Å²) in [6.45, 7) is 0.105. The summed E-state index contributed by atoms with van der Waals surface area (Å²) in [6.07, 6.45) is 0.315. The zero-order chi connectivity index (χ0) is 15.8. The molecular weight excluding hydrogens is 282 g/mol. The van der Waals surface area contributed by atoms with Gasteiger partial charge in [-0.25, -0.2) is 9.78 Å². The number of carbonyl (C=O) groups is 1. The Kier molecular flexibility index (Phi) is 6.50. The average Bonchev–Trinajstić information content (AvgIpc) is 2.46. The molecule has 1 aromatic heterocycles. The van der Waals surface area contributed by atoms with Crippen molar-refractivity contribution in [3.8, 4) is 0 Å². The number of esters is 1. The first kappa shape index (κ1) is 16.8. The van der Waals surface area contributed by atoms with Gasteiger partial charge in [-0.05, 0) is 12.5 Å². The van der Waals surface area contributed by atoms with E-state index in [-0.39, 0.29) is 36.5 Å². The van der Waals surface area contributed by atoms with E-state index in [0.29, 0.717) is 6.42 Å². The Hall–Kier alpha value is -2.26. The zero-order valence-electron chi connectivity index (χ0n) is 11.7. The number of hydrogen-bond acceptors (Lipinski definition) is 8. The van der Waals surface area contributed by atoms with E-state index in [0.717, 1.165) is 0 Å². The van der Waals surface area contributed by atoms with Gasteiger partial charge in [-0.15, -0.1) is 0 Å². The average molecular weight is 299 g/mol. The summed E-state index contributed by atoms with van der Waals surface area (Å²) in [5, 5.41) is 22.8. The van der Waals surface area contributed by atoms with Gasteiger partial charge in [0.15, 0.2) is 5.69 Å². The van der Waals surface area contributed by atoms with Crippen LogP contribution in [0.5, 0.6) is 0 Å². The van der Waals surface area contributed by atoms with Crippen LogP contribution in [0.3, 0.4) is 0 Å². The molecule has 1 atom stereocenters. The highest BCUT2D eigenvalue weighted by atomic mass is 16.6. The minimum atomic E-state index is -0.696. The van der Waals surface area contributed by atoms with Gasteiger partial charge in [0.2, 0.25) is 5.82 Å². The van der Waals surface area contributed by atoms with Crippen molar-refractivity contribution in [3.05, 3.63) is 27.9 Å². The second-order valence-electron chi connectivity index (χ2n) is 4.12. The fourth-order valence-electron chi connectivity index (χ4n) is 1.67. The molecule has 0 bridgehead atoms. The van der Waals surface area contributed by atoms with Crippen LogP contribution in [0.2, 0.25) is 0 Å². The van der Waals surface area contributed by atoms with Gasteiger partial charge in [-0.1, -0.05) is 0 Å². The topological polar surface area (TPSA) is 124 Å². The summed E-state index contributed by atoms with van der Waals surface area (Å²) in [7, 11) is 2.66. The number of methoxy groups -OCH3 is 2. The van der Waals surface area contributed by atoms with Gasteiger partial charge in [0.25, 0.3) is 0 Å². The molecule has 9 heteroatoms. The molecule has 0 amide bonds. The summed E-state index contributed by atoms with van der Waals surface area (Å²) in [4.78, 5) is 25.7. The lowest BCUT2D eigenvalue weighted by atomic mass is 10.2. The van der Waals surface area contributed by atoms with E-state index in [2.05, 4.69) is 15.0 Å². The molecule has 116 valence electrons. The molecule has 21 heavy (non-hydrogen) atoms. The van der Waals surface area contributed by atoms with E-state index in [1.54, 1.807) is 0 Å². The number of nitro groups is 1. The molecule has 1 unspecified atom stereocenters. The Morgan fingerprint density at radius 3 is 2.76 bits per heavy atom. The number of nitrogens with one attached hydrogen (secondary N) is 1. The molecule has 2 N–H and O–H groups in total. The molecule has 0 saturated heterocycles. The summed E-state index contributed by atoms with van der Waals surface area (Å²) in [5.41, 5.74) is -0.326. The van der Waals surface area contributed by atoms with Crippen molar-refractivity contribution in [2.45, 2.75) is 12.5 Å². The van der Waals surface area contributed by atoms with E-state index in [9.17, 15) is 14.9 Å². The molecule has 1 heterocycles. The minimum absolute atomic E-state index is 0.0502. The third-order valence-corrected chi connectivity index (χ3v) is 2.65. The van der Waals surface area contributed by atoms with Crippen molar-refractivity contribution in [3.63, 3.8) is 0 Å². The van der Waals surface area contributed by atoms with Crippen LogP contribution < -0.4 is 5.32 Å². The number of nitrogens with zero attached hydrogens (tertiary/aromatic N) is 2. The maximum Gasteiger partial charge on any atom is 0.356 e. The van der Waals surface area contributed by atoms with E-state index in [4.69, 9.17) is 9.84 Å². The normalized spacial score (nSPS) is 11.8. The maximum atomic E-state index is 11.4. The summed E-state index contributed by atoms with van der Waals surface area (Å²) in [6, 6.07) is 2.01. The number of anilines is 1. The number of hydrogen-bond donors (Lipinski definition) is 2. The van der Waals surface area contributed by atoms with Gasteiger partial charge in [0.1, 0.15) is 0 Å². The quantitative estimate of drug-likeness (QED) is 0.406. The molecule has 1 aromatic rings. The predicted molar refractivity (Wildman–Crippen MR) is 73.2 cm³/mol. The fraction of sp³-hybridized carbons (Fsp3) is 0.500. The minimum Gasteiger partial charge on any atom is -0.464 e. The molecule has 0 aliphatic heterocycles. The van der Waals surface area contributed by atoms with Crippen LogP contribution in [-0.2, 0) is 9.47 Å². The number of aromatic nitrogens is 1. The lowest BCUT2D eigenvalue weighted by molar-refractivity contribution is -0.384. The van der Waals surface area contributed by atoms with Crippen LogP contribution in [0.25, 0.3) is 0 Å². The third-order valence-electron chi connectivity index (χ3n) is 2.65. The highest BCUT2D eigenvalue weighted by Crippen LogP contribution is 2.23. The monoisotopic (exact) mass is 299 g/mol. The lowest BCUT2D eigenvalue weighted by Gasteiger charge is -2.17. The maximum absolute atomic E-state index is 11.4. The van der Waals surface area contributed by atoms with E-state index < -0.39 is 10.9 Å². The van der Waals surface area contributed by atoms with Gasteiger partial charge in [-0.3, -0.25) is 10.1 Å². The first-order chi connectivity index (χ1) is 10.0. The van der Waals surface area contributed by atoms with E-state index in [1.165, 1.54) is 26.4 Å². The number of aliphatic hydroxyl groups is 1. The Labute approximate surface area is 121 Å². The van der Waals surface area contributed by atoms with Crippen molar-refractivity contribution in [2.75, 3.05) is 32.8 Å². The molecule has 0 saturated carbocycles. The number of carbonyl (C=O) groups excluding carboxylic acids is 1. The van der Waals surface area contributed by atoms with Crippen LogP contribution in [0.4, 0.5) is 11.5 Å².